The zero-order valence-corrected chi connectivity index (χ0v) is 15.7. The number of aliphatic hydroxyl groups excluding tert-OH is 1. The maximum absolute atomic E-state index is 11.4. The van der Waals surface area contributed by atoms with E-state index in [2.05, 4.69) is 21.1 Å². The highest BCUT2D eigenvalue weighted by atomic mass is 127. The first kappa shape index (κ1) is 19.1. The molecule has 7 heteroatoms. The number of likely N-dealkylation sites (N-methyl/N-ethyl adjacent to an activating group) is 1. The van der Waals surface area contributed by atoms with Crippen LogP contribution < -0.4 is 24.0 Å². The van der Waals surface area contributed by atoms with Gasteiger partial charge in [0.25, 0.3) is 0 Å². The average Bonchev–Trinajstić information content (AvgIpc) is 2.68. The van der Waals surface area contributed by atoms with Crippen molar-refractivity contribution in [1.29, 1.82) is 0 Å². The monoisotopic (exact) mass is 415 g/mol. The number of ether oxygens (including phenoxy) is 3. The zero-order chi connectivity index (χ0) is 15.3. The van der Waals surface area contributed by atoms with Gasteiger partial charge in [-0.05, 0) is 13.8 Å². The summed E-state index contributed by atoms with van der Waals surface area (Å²) in [6, 6.07) is 0.0103. The molecule has 5 atom stereocenters. The molecule has 0 bridgehead atoms. The van der Waals surface area contributed by atoms with Gasteiger partial charge in [0.05, 0.1) is 33.7 Å². The van der Waals surface area contributed by atoms with E-state index in [-0.39, 0.29) is 60.7 Å². The fourth-order valence-corrected chi connectivity index (χ4v) is 3.59. The Hall–Kier alpha value is 0.0400. The Morgan fingerprint density at radius 1 is 1.24 bits per heavy atom. The Labute approximate surface area is 143 Å². The van der Waals surface area contributed by atoms with E-state index in [4.69, 9.17) is 14.2 Å². The summed E-state index contributed by atoms with van der Waals surface area (Å²) in [6.45, 7) is 5.04. The van der Waals surface area contributed by atoms with E-state index in [9.17, 15) is 9.90 Å². The number of quaternary nitrogens is 1. The fourth-order valence-electron chi connectivity index (χ4n) is 3.59. The van der Waals surface area contributed by atoms with Crippen molar-refractivity contribution >= 4 is 5.97 Å². The summed E-state index contributed by atoms with van der Waals surface area (Å²) in [5, 5.41) is 9.76. The van der Waals surface area contributed by atoms with E-state index in [1.807, 2.05) is 13.8 Å². The van der Waals surface area contributed by atoms with E-state index >= 15 is 0 Å². The minimum absolute atomic E-state index is 0. The van der Waals surface area contributed by atoms with Gasteiger partial charge in [-0.15, -0.1) is 0 Å². The Kier molecular flexibility index (Phi) is 5.70. The summed E-state index contributed by atoms with van der Waals surface area (Å²) < 4.78 is 18.0. The number of halogens is 1. The third-order valence-electron chi connectivity index (χ3n) is 4.09. The van der Waals surface area contributed by atoms with E-state index in [1.54, 1.807) is 0 Å². The summed E-state index contributed by atoms with van der Waals surface area (Å²) in [5.41, 5.74) is 0. The largest absolute Gasteiger partial charge is 1.00 e. The van der Waals surface area contributed by atoms with Crippen LogP contribution >= 0.6 is 0 Å². The third-order valence-corrected chi connectivity index (χ3v) is 4.09. The van der Waals surface area contributed by atoms with Crippen molar-refractivity contribution in [2.75, 3.05) is 27.7 Å². The second kappa shape index (κ2) is 6.27. The highest BCUT2D eigenvalue weighted by molar-refractivity contribution is 5.66. The topological polar surface area (TPSA) is 65.0 Å². The molecule has 0 radical (unpaired) electrons. The van der Waals surface area contributed by atoms with Gasteiger partial charge in [-0.2, -0.15) is 0 Å². The molecular formula is C14H26INO5. The second-order valence-electron chi connectivity index (χ2n) is 7.09. The molecule has 2 fully saturated rings. The quantitative estimate of drug-likeness (QED) is 0.305. The third kappa shape index (κ3) is 3.69. The Balaban J connectivity index is 0.00000220. The smallest absolute Gasteiger partial charge is 0.303 e. The normalized spacial score (nSPS) is 37.8. The number of hydrogen-bond donors (Lipinski definition) is 1. The van der Waals surface area contributed by atoms with Gasteiger partial charge in [0.1, 0.15) is 24.4 Å². The number of fused-ring (bicyclic) bond motifs is 1. The van der Waals surface area contributed by atoms with Crippen molar-refractivity contribution in [3.8, 4) is 0 Å². The summed E-state index contributed by atoms with van der Waals surface area (Å²) in [4.78, 5) is 11.4. The number of nitrogens with zero attached hydrogens (tertiary/aromatic N) is 1. The van der Waals surface area contributed by atoms with Crippen molar-refractivity contribution in [1.82, 2.24) is 0 Å². The molecule has 124 valence electrons. The van der Waals surface area contributed by atoms with Gasteiger partial charge in [-0.25, -0.2) is 0 Å². The number of aliphatic hydroxyl groups is 1. The lowest BCUT2D eigenvalue weighted by Crippen LogP contribution is -3.00. The van der Waals surface area contributed by atoms with E-state index < -0.39 is 11.9 Å². The first-order valence-corrected chi connectivity index (χ1v) is 7.01. The van der Waals surface area contributed by atoms with Gasteiger partial charge in [-0.1, -0.05) is 0 Å². The predicted molar refractivity (Wildman–Crippen MR) is 71.8 cm³/mol. The molecule has 1 heterocycles. The van der Waals surface area contributed by atoms with Crippen LogP contribution in [0.4, 0.5) is 0 Å². The lowest BCUT2D eigenvalue weighted by molar-refractivity contribution is -0.902. The van der Waals surface area contributed by atoms with E-state index in [0.29, 0.717) is 4.48 Å². The van der Waals surface area contributed by atoms with Crippen molar-refractivity contribution in [2.24, 2.45) is 5.92 Å². The summed E-state index contributed by atoms with van der Waals surface area (Å²) in [7, 11) is 6.15. The first-order chi connectivity index (χ1) is 9.07. The number of rotatable bonds is 3. The van der Waals surface area contributed by atoms with E-state index in [0.717, 1.165) is 0 Å². The molecule has 0 unspecified atom stereocenters. The van der Waals surface area contributed by atoms with E-state index in [1.165, 1.54) is 6.92 Å². The molecule has 2 rings (SSSR count). The minimum atomic E-state index is -0.693. The molecule has 1 saturated carbocycles. The molecule has 0 aromatic rings. The lowest BCUT2D eigenvalue weighted by atomic mass is 9.99. The van der Waals surface area contributed by atoms with Crippen LogP contribution in [0.2, 0.25) is 0 Å². The van der Waals surface area contributed by atoms with Gasteiger partial charge < -0.3 is 47.8 Å². The van der Waals surface area contributed by atoms with Crippen LogP contribution in [0.5, 0.6) is 0 Å². The molecular weight excluding hydrogens is 389 g/mol. The first-order valence-electron chi connectivity index (χ1n) is 7.01. The van der Waals surface area contributed by atoms with Crippen LogP contribution in [0.15, 0.2) is 0 Å². The molecule has 1 N–H and O–H groups in total. The van der Waals surface area contributed by atoms with Gasteiger partial charge in [-0.3, -0.25) is 4.79 Å². The van der Waals surface area contributed by atoms with Crippen LogP contribution in [0.3, 0.4) is 0 Å². The molecule has 21 heavy (non-hydrogen) atoms. The lowest BCUT2D eigenvalue weighted by Gasteiger charge is -2.38. The van der Waals surface area contributed by atoms with Gasteiger partial charge >= 0.3 is 5.97 Å². The van der Waals surface area contributed by atoms with Crippen LogP contribution in [0, 0.1) is 5.92 Å². The number of carbonyl (C=O) groups excluding carboxylic acids is 1. The molecule has 6 nitrogen and oxygen atoms in total. The van der Waals surface area contributed by atoms with Crippen molar-refractivity contribution in [3.63, 3.8) is 0 Å². The molecule has 1 aliphatic heterocycles. The van der Waals surface area contributed by atoms with Crippen LogP contribution in [0.25, 0.3) is 0 Å². The van der Waals surface area contributed by atoms with Crippen LogP contribution in [0.1, 0.15) is 20.8 Å². The molecule has 2 aliphatic rings. The highest BCUT2D eigenvalue weighted by Gasteiger charge is 2.64. The molecule has 0 spiro atoms. The standard InChI is InChI=1S/C14H26NO5.HI/c1-8(17)18-11-9(7-16)10(15(4,5)6)12-13(11)20-14(2,3)19-12;/h9-13,16H,7H2,1-6H3;1H/q+1;/p-1/t9-,10+,11+,12-,13+;/m1./s1. The van der Waals surface area contributed by atoms with Crippen molar-refractivity contribution in [3.05, 3.63) is 0 Å². The van der Waals surface area contributed by atoms with Gasteiger partial charge in [0.2, 0.25) is 0 Å². The summed E-state index contributed by atoms with van der Waals surface area (Å²) >= 11 is 0. The maximum atomic E-state index is 11.4. The minimum Gasteiger partial charge on any atom is -1.00 e. The average molecular weight is 415 g/mol. The Morgan fingerprint density at radius 3 is 2.19 bits per heavy atom. The molecule has 0 amide bonds. The predicted octanol–water partition coefficient (Wildman–Crippen LogP) is -2.86. The van der Waals surface area contributed by atoms with Gasteiger partial charge in [0, 0.05) is 6.92 Å². The summed E-state index contributed by atoms with van der Waals surface area (Å²) in [6.07, 6.45) is -0.980. The number of carbonyl (C=O) groups is 1. The highest BCUT2D eigenvalue weighted by Crippen LogP contribution is 2.45. The SMILES string of the molecule is CC(=O)O[C@H]1[C@H](CO)[C@H]([N+](C)(C)C)[C@H]2OC(C)(C)O[C@@H]12.[I-]. The Morgan fingerprint density at radius 2 is 1.76 bits per heavy atom. The molecule has 1 saturated heterocycles. The summed E-state index contributed by atoms with van der Waals surface area (Å²) in [5.74, 6) is -1.24. The van der Waals surface area contributed by atoms with Crippen LogP contribution in [-0.2, 0) is 19.0 Å². The second-order valence-corrected chi connectivity index (χ2v) is 7.09. The van der Waals surface area contributed by atoms with Gasteiger partial charge in [0.15, 0.2) is 5.79 Å². The fraction of sp³-hybridized carbons (Fsp3) is 0.929. The molecule has 0 aromatic carbocycles. The Bertz CT molecular complexity index is 395. The van der Waals surface area contributed by atoms with Crippen molar-refractivity contribution in [2.45, 2.75) is 50.9 Å². The van der Waals surface area contributed by atoms with Crippen LogP contribution in [-0.4, -0.2) is 73.4 Å². The molecule has 0 aromatic heterocycles. The zero-order valence-electron chi connectivity index (χ0n) is 13.5. The number of esters is 1. The van der Waals surface area contributed by atoms with Crippen molar-refractivity contribution < 1.29 is 52.6 Å². The molecule has 1 aliphatic carbocycles. The number of hydrogen-bond acceptors (Lipinski definition) is 5. The maximum Gasteiger partial charge on any atom is 0.303 e.